The van der Waals surface area contributed by atoms with Crippen LogP contribution in [0.5, 0.6) is 0 Å². The average Bonchev–Trinajstić information content (AvgIpc) is 2.61. The van der Waals surface area contributed by atoms with Crippen molar-refractivity contribution in [2.45, 2.75) is 10.4 Å². The molecule has 0 fully saturated rings. The fourth-order valence-corrected chi connectivity index (χ4v) is 2.79. The van der Waals surface area contributed by atoms with Gasteiger partial charge in [-0.15, -0.1) is 0 Å². The van der Waals surface area contributed by atoms with Crippen LogP contribution in [0.3, 0.4) is 0 Å². The summed E-state index contributed by atoms with van der Waals surface area (Å²) in [6.45, 7) is 0. The molecule has 0 aliphatic heterocycles. The molecule has 0 radical (unpaired) electrons. The van der Waals surface area contributed by atoms with E-state index in [-0.39, 0.29) is 16.7 Å². The number of anilines is 3. The summed E-state index contributed by atoms with van der Waals surface area (Å²) in [5.74, 6) is 0.815. The summed E-state index contributed by atoms with van der Waals surface area (Å²) in [4.78, 5) is 13.0. The average molecular weight is 377 g/mol. The Labute approximate surface area is 152 Å². The first kappa shape index (κ1) is 18.0. The van der Waals surface area contributed by atoms with Crippen LogP contribution in [0.15, 0.2) is 59.6 Å². The topological polar surface area (TPSA) is 62.7 Å². The Hall–Kier alpha value is -2.81. The van der Waals surface area contributed by atoms with Gasteiger partial charge in [0.1, 0.15) is 5.82 Å². The lowest BCUT2D eigenvalue weighted by atomic mass is 10.2. The van der Waals surface area contributed by atoms with Gasteiger partial charge in [-0.05, 0) is 42.1 Å². The molecule has 0 spiro atoms. The summed E-state index contributed by atoms with van der Waals surface area (Å²) in [6, 6.07) is 13.2. The van der Waals surface area contributed by atoms with Gasteiger partial charge in [0.25, 0.3) is 0 Å². The van der Waals surface area contributed by atoms with Crippen LogP contribution in [-0.4, -0.2) is 27.5 Å². The normalized spacial score (nSPS) is 11.2. The highest BCUT2D eigenvalue weighted by atomic mass is 32.2. The zero-order valence-electron chi connectivity index (χ0n) is 13.6. The third kappa shape index (κ3) is 4.85. The molecule has 3 aromatic rings. The van der Waals surface area contributed by atoms with Crippen LogP contribution in [0.4, 0.5) is 30.6 Å². The van der Waals surface area contributed by atoms with E-state index in [4.69, 9.17) is 0 Å². The Morgan fingerprint density at radius 3 is 2.50 bits per heavy atom. The SMILES string of the molecule is CNc1nc(Nc2cccc(SC(F)(F)F)c2)cc(-c2ccccn2)n1. The van der Waals surface area contributed by atoms with E-state index in [1.54, 1.807) is 37.5 Å². The second-order valence-electron chi connectivity index (χ2n) is 5.13. The lowest BCUT2D eigenvalue weighted by Gasteiger charge is -2.11. The number of alkyl halides is 3. The molecule has 26 heavy (non-hydrogen) atoms. The summed E-state index contributed by atoms with van der Waals surface area (Å²) < 4.78 is 37.6. The number of nitrogens with zero attached hydrogens (tertiary/aromatic N) is 3. The number of rotatable bonds is 5. The molecule has 2 heterocycles. The van der Waals surface area contributed by atoms with Gasteiger partial charge in [-0.2, -0.15) is 18.2 Å². The molecular weight excluding hydrogens is 363 g/mol. The Kier molecular flexibility index (Phi) is 5.27. The predicted molar refractivity (Wildman–Crippen MR) is 96.4 cm³/mol. The molecule has 0 aliphatic carbocycles. The number of nitrogens with one attached hydrogen (secondary N) is 2. The van der Waals surface area contributed by atoms with Crippen LogP contribution in [0.1, 0.15) is 0 Å². The molecule has 0 saturated carbocycles. The van der Waals surface area contributed by atoms with Crippen LogP contribution in [0.2, 0.25) is 0 Å². The summed E-state index contributed by atoms with van der Waals surface area (Å²) in [7, 11) is 1.68. The van der Waals surface area contributed by atoms with Crippen molar-refractivity contribution in [1.29, 1.82) is 0 Å². The summed E-state index contributed by atoms with van der Waals surface area (Å²) >= 11 is -0.162. The summed E-state index contributed by atoms with van der Waals surface area (Å²) in [5.41, 5.74) is -2.59. The van der Waals surface area contributed by atoms with Crippen molar-refractivity contribution in [2.75, 3.05) is 17.7 Å². The first-order chi connectivity index (χ1) is 12.4. The number of aromatic nitrogens is 3. The Balaban J connectivity index is 1.89. The van der Waals surface area contributed by atoms with Crippen molar-refractivity contribution in [2.24, 2.45) is 0 Å². The quantitative estimate of drug-likeness (QED) is 0.615. The van der Waals surface area contributed by atoms with Gasteiger partial charge >= 0.3 is 5.51 Å². The zero-order chi connectivity index (χ0) is 18.6. The largest absolute Gasteiger partial charge is 0.446 e. The minimum Gasteiger partial charge on any atom is -0.357 e. The maximum absolute atomic E-state index is 12.5. The second-order valence-corrected chi connectivity index (χ2v) is 6.27. The highest BCUT2D eigenvalue weighted by Gasteiger charge is 2.29. The van der Waals surface area contributed by atoms with Crippen LogP contribution >= 0.6 is 11.8 Å². The standard InChI is InChI=1S/C17H14F3N5S/c1-21-16-24-14(13-7-2-3-8-22-13)10-15(25-16)23-11-5-4-6-12(9-11)26-17(18,19)20/h2-10H,1H3,(H2,21,23,24,25). The summed E-state index contributed by atoms with van der Waals surface area (Å²) in [5, 5.41) is 5.88. The van der Waals surface area contributed by atoms with Crippen LogP contribution in [0, 0.1) is 0 Å². The molecule has 0 unspecified atom stereocenters. The first-order valence-corrected chi connectivity index (χ1v) is 8.36. The van der Waals surface area contributed by atoms with Gasteiger partial charge < -0.3 is 10.6 Å². The molecule has 3 rings (SSSR count). The molecular formula is C17H14F3N5S. The molecule has 2 aromatic heterocycles. The van der Waals surface area contributed by atoms with Crippen molar-refractivity contribution >= 4 is 29.2 Å². The third-order valence-electron chi connectivity index (χ3n) is 3.22. The van der Waals surface area contributed by atoms with E-state index < -0.39 is 5.51 Å². The minimum absolute atomic E-state index is 0.0929. The molecule has 5 nitrogen and oxygen atoms in total. The molecule has 0 bridgehead atoms. The van der Waals surface area contributed by atoms with Crippen LogP contribution in [0.25, 0.3) is 11.4 Å². The van der Waals surface area contributed by atoms with Crippen molar-refractivity contribution in [3.63, 3.8) is 0 Å². The van der Waals surface area contributed by atoms with E-state index in [1.807, 2.05) is 12.1 Å². The second kappa shape index (κ2) is 7.61. The van der Waals surface area contributed by atoms with Gasteiger partial charge in [0.15, 0.2) is 0 Å². The highest BCUT2D eigenvalue weighted by Crippen LogP contribution is 2.37. The number of hydrogen-bond acceptors (Lipinski definition) is 6. The van der Waals surface area contributed by atoms with E-state index in [2.05, 4.69) is 25.6 Å². The molecule has 9 heteroatoms. The van der Waals surface area contributed by atoms with E-state index in [0.717, 1.165) is 0 Å². The van der Waals surface area contributed by atoms with Gasteiger partial charge in [-0.3, -0.25) is 4.98 Å². The minimum atomic E-state index is -4.33. The molecule has 0 aliphatic rings. The Morgan fingerprint density at radius 2 is 1.81 bits per heavy atom. The maximum Gasteiger partial charge on any atom is 0.446 e. The van der Waals surface area contributed by atoms with Gasteiger partial charge in [0, 0.05) is 29.9 Å². The number of halogens is 3. The van der Waals surface area contributed by atoms with E-state index in [9.17, 15) is 13.2 Å². The van der Waals surface area contributed by atoms with E-state index in [0.29, 0.717) is 28.8 Å². The molecule has 2 N–H and O–H groups in total. The fraction of sp³-hybridized carbons (Fsp3) is 0.118. The first-order valence-electron chi connectivity index (χ1n) is 7.54. The van der Waals surface area contributed by atoms with Crippen LogP contribution in [-0.2, 0) is 0 Å². The van der Waals surface area contributed by atoms with Gasteiger partial charge in [0.2, 0.25) is 5.95 Å². The Morgan fingerprint density at radius 1 is 0.962 bits per heavy atom. The van der Waals surface area contributed by atoms with Gasteiger partial charge in [-0.25, -0.2) is 4.98 Å². The molecule has 0 saturated heterocycles. The van der Waals surface area contributed by atoms with Gasteiger partial charge in [0.05, 0.1) is 11.4 Å². The monoisotopic (exact) mass is 377 g/mol. The van der Waals surface area contributed by atoms with Crippen molar-refractivity contribution < 1.29 is 13.2 Å². The highest BCUT2D eigenvalue weighted by molar-refractivity contribution is 8.00. The predicted octanol–water partition coefficient (Wildman–Crippen LogP) is 4.94. The van der Waals surface area contributed by atoms with Crippen molar-refractivity contribution in [1.82, 2.24) is 15.0 Å². The number of hydrogen-bond donors (Lipinski definition) is 2. The molecule has 0 amide bonds. The Bertz CT molecular complexity index is 887. The van der Waals surface area contributed by atoms with Crippen molar-refractivity contribution in [3.05, 3.63) is 54.7 Å². The van der Waals surface area contributed by atoms with E-state index in [1.165, 1.54) is 12.1 Å². The molecule has 0 atom stereocenters. The van der Waals surface area contributed by atoms with Crippen LogP contribution < -0.4 is 10.6 Å². The van der Waals surface area contributed by atoms with E-state index >= 15 is 0 Å². The number of thioether (sulfide) groups is 1. The number of benzene rings is 1. The maximum atomic E-state index is 12.5. The van der Waals surface area contributed by atoms with Gasteiger partial charge in [-0.1, -0.05) is 12.1 Å². The summed E-state index contributed by atoms with van der Waals surface area (Å²) in [6.07, 6.45) is 1.65. The lowest BCUT2D eigenvalue weighted by Crippen LogP contribution is -2.03. The zero-order valence-corrected chi connectivity index (χ0v) is 14.4. The lowest BCUT2D eigenvalue weighted by molar-refractivity contribution is -0.0328. The fourth-order valence-electron chi connectivity index (χ4n) is 2.19. The molecule has 1 aromatic carbocycles. The number of pyridine rings is 1. The smallest absolute Gasteiger partial charge is 0.357 e. The van der Waals surface area contributed by atoms with Crippen molar-refractivity contribution in [3.8, 4) is 11.4 Å². The molecule has 134 valence electrons. The third-order valence-corrected chi connectivity index (χ3v) is 3.94.